The number of nitrogens with one attached hydrogen (secondary N) is 1. The number of benzene rings is 1. The van der Waals surface area contributed by atoms with Crippen molar-refractivity contribution in [3.8, 4) is 33.9 Å². The summed E-state index contributed by atoms with van der Waals surface area (Å²) in [5.74, 6) is 1.08. The smallest absolute Gasteiger partial charge is 0.338 e. The molecular weight excluding hydrogens is 306 g/mol. The third kappa shape index (κ3) is 2.29. The molecule has 2 aliphatic heterocycles. The van der Waals surface area contributed by atoms with E-state index in [1.165, 1.54) is 0 Å². The van der Waals surface area contributed by atoms with E-state index in [1.807, 2.05) is 43.3 Å². The number of carbonyl (C=O) groups excluding carboxylic acids is 1. The Hall–Kier alpha value is -2.95. The Balaban J connectivity index is 1.92. The summed E-state index contributed by atoms with van der Waals surface area (Å²) in [5, 5.41) is 0. The van der Waals surface area contributed by atoms with Crippen molar-refractivity contribution in [2.45, 2.75) is 13.8 Å². The monoisotopic (exact) mass is 323 g/mol. The Bertz CT molecular complexity index is 897. The highest BCUT2D eigenvalue weighted by atomic mass is 16.7. The predicted octanol–water partition coefficient (Wildman–Crippen LogP) is 4.00. The maximum absolute atomic E-state index is 12.4. The van der Waals surface area contributed by atoms with Crippen LogP contribution >= 0.6 is 0 Å². The highest BCUT2D eigenvalue weighted by Gasteiger charge is 2.25. The number of H-pyrrole nitrogens is 1. The summed E-state index contributed by atoms with van der Waals surface area (Å²) >= 11 is 0. The van der Waals surface area contributed by atoms with Gasteiger partial charge in [-0.15, -0.1) is 0 Å². The van der Waals surface area contributed by atoms with Crippen LogP contribution in [0.25, 0.3) is 22.4 Å². The summed E-state index contributed by atoms with van der Waals surface area (Å²) in [7, 11) is 0. The third-order valence-electron chi connectivity index (χ3n) is 4.11. The van der Waals surface area contributed by atoms with Gasteiger partial charge in [0, 0.05) is 22.5 Å². The molecule has 1 N–H and O–H groups in total. The zero-order valence-corrected chi connectivity index (χ0v) is 13.5. The first-order chi connectivity index (χ1) is 11.7. The standard InChI is InChI=1S/C19H17NO4/c1-3-22-19(21)14-9-15-13(6-4-11(2)20-15)18(14)12-5-7-16-17(8-12)24-10-23-16/h4-9,20H,3,10H2,1-2H3. The quantitative estimate of drug-likeness (QED) is 0.740. The number of hydrogen-bond acceptors (Lipinski definition) is 4. The normalized spacial score (nSPS) is 12.6. The van der Waals surface area contributed by atoms with Gasteiger partial charge in [0.2, 0.25) is 6.79 Å². The van der Waals surface area contributed by atoms with Crippen LogP contribution in [0.3, 0.4) is 0 Å². The molecule has 1 aliphatic carbocycles. The predicted molar refractivity (Wildman–Crippen MR) is 89.7 cm³/mol. The van der Waals surface area contributed by atoms with Gasteiger partial charge < -0.3 is 19.2 Å². The lowest BCUT2D eigenvalue weighted by Crippen LogP contribution is -2.04. The van der Waals surface area contributed by atoms with Crippen LogP contribution in [-0.4, -0.2) is 24.4 Å². The molecule has 4 rings (SSSR count). The van der Waals surface area contributed by atoms with Gasteiger partial charge >= 0.3 is 5.97 Å². The molecule has 5 heteroatoms. The molecular formula is C19H17NO4. The van der Waals surface area contributed by atoms with Crippen LogP contribution in [0.5, 0.6) is 11.5 Å². The Morgan fingerprint density at radius 1 is 1.17 bits per heavy atom. The van der Waals surface area contributed by atoms with E-state index >= 15 is 0 Å². The van der Waals surface area contributed by atoms with Gasteiger partial charge in [-0.3, -0.25) is 0 Å². The Kier molecular flexibility index (Phi) is 3.41. The second-order valence-corrected chi connectivity index (χ2v) is 5.69. The van der Waals surface area contributed by atoms with Gasteiger partial charge in [-0.2, -0.15) is 0 Å². The first-order valence-electron chi connectivity index (χ1n) is 7.87. The lowest BCUT2D eigenvalue weighted by molar-refractivity contribution is 0.0527. The number of rotatable bonds is 3. The van der Waals surface area contributed by atoms with Gasteiger partial charge in [-0.25, -0.2) is 4.79 Å². The van der Waals surface area contributed by atoms with Gasteiger partial charge in [-0.1, -0.05) is 12.1 Å². The number of carbonyl (C=O) groups is 1. The topological polar surface area (TPSA) is 60.6 Å². The molecule has 0 radical (unpaired) electrons. The minimum atomic E-state index is -0.326. The maximum atomic E-state index is 12.4. The molecule has 0 saturated carbocycles. The molecule has 0 unspecified atom stereocenters. The fraction of sp³-hybridized carbons (Fsp3) is 0.211. The van der Waals surface area contributed by atoms with E-state index in [2.05, 4.69) is 4.98 Å². The average molecular weight is 323 g/mol. The van der Waals surface area contributed by atoms with E-state index in [1.54, 1.807) is 6.92 Å². The van der Waals surface area contributed by atoms with Crippen molar-refractivity contribution in [3.05, 3.63) is 47.7 Å². The van der Waals surface area contributed by atoms with Crippen molar-refractivity contribution in [3.63, 3.8) is 0 Å². The number of esters is 1. The largest absolute Gasteiger partial charge is 0.462 e. The molecule has 1 aromatic rings. The van der Waals surface area contributed by atoms with Crippen molar-refractivity contribution in [1.82, 2.24) is 4.98 Å². The van der Waals surface area contributed by atoms with E-state index < -0.39 is 0 Å². The van der Waals surface area contributed by atoms with Crippen LogP contribution in [-0.2, 0) is 4.74 Å². The van der Waals surface area contributed by atoms with E-state index in [-0.39, 0.29) is 12.8 Å². The fourth-order valence-electron chi connectivity index (χ4n) is 3.05. The molecule has 24 heavy (non-hydrogen) atoms. The van der Waals surface area contributed by atoms with Gasteiger partial charge in [0.1, 0.15) is 0 Å². The van der Waals surface area contributed by atoms with Crippen LogP contribution < -0.4 is 9.47 Å². The van der Waals surface area contributed by atoms with Crippen molar-refractivity contribution in [2.24, 2.45) is 0 Å². The lowest BCUT2D eigenvalue weighted by Gasteiger charge is -2.09. The molecule has 2 heterocycles. The van der Waals surface area contributed by atoms with Crippen molar-refractivity contribution in [1.29, 1.82) is 0 Å². The first kappa shape index (κ1) is 14.6. The van der Waals surface area contributed by atoms with Gasteiger partial charge in [-0.05, 0) is 43.7 Å². The van der Waals surface area contributed by atoms with E-state index in [4.69, 9.17) is 14.2 Å². The molecule has 0 spiro atoms. The van der Waals surface area contributed by atoms with Crippen LogP contribution in [0.4, 0.5) is 0 Å². The van der Waals surface area contributed by atoms with Crippen molar-refractivity contribution < 1.29 is 19.0 Å². The first-order valence-corrected chi connectivity index (χ1v) is 7.87. The Morgan fingerprint density at radius 2 is 2.00 bits per heavy atom. The highest BCUT2D eigenvalue weighted by molar-refractivity contribution is 6.05. The summed E-state index contributed by atoms with van der Waals surface area (Å²) in [6.07, 6.45) is 0. The zero-order chi connectivity index (χ0) is 16.7. The Morgan fingerprint density at radius 3 is 2.83 bits per heavy atom. The minimum absolute atomic E-state index is 0.220. The van der Waals surface area contributed by atoms with Crippen LogP contribution in [0, 0.1) is 6.92 Å². The molecule has 5 nitrogen and oxygen atoms in total. The molecule has 1 aromatic carbocycles. The molecule has 3 aliphatic rings. The minimum Gasteiger partial charge on any atom is -0.462 e. The molecule has 0 bridgehead atoms. The van der Waals surface area contributed by atoms with E-state index in [9.17, 15) is 4.79 Å². The second kappa shape index (κ2) is 5.60. The number of aromatic amines is 1. The second-order valence-electron chi connectivity index (χ2n) is 5.69. The van der Waals surface area contributed by atoms with Crippen molar-refractivity contribution >= 4 is 5.97 Å². The summed E-state index contributed by atoms with van der Waals surface area (Å²) in [4.78, 5) is 15.7. The molecule has 0 saturated heterocycles. The Labute approximate surface area is 139 Å². The number of fused-ring (bicyclic) bond motifs is 2. The van der Waals surface area contributed by atoms with Gasteiger partial charge in [0.15, 0.2) is 11.5 Å². The molecule has 0 aromatic heterocycles. The number of hydrogen-bond donors (Lipinski definition) is 1. The van der Waals surface area contributed by atoms with E-state index in [0.29, 0.717) is 17.9 Å². The van der Waals surface area contributed by atoms with E-state index in [0.717, 1.165) is 33.8 Å². The SMILES string of the molecule is CCOC(=O)c1cc2[nH]c(C)ccc-2c1-c1ccc2c(c1)OCO2. The summed E-state index contributed by atoms with van der Waals surface area (Å²) in [6, 6.07) is 11.6. The number of aromatic nitrogens is 1. The molecule has 0 amide bonds. The zero-order valence-electron chi connectivity index (χ0n) is 13.5. The summed E-state index contributed by atoms with van der Waals surface area (Å²) in [5.41, 5.74) is 5.20. The van der Waals surface area contributed by atoms with Crippen LogP contribution in [0.1, 0.15) is 23.0 Å². The van der Waals surface area contributed by atoms with Gasteiger partial charge in [0.05, 0.1) is 12.2 Å². The molecule has 0 atom stereocenters. The number of pyridine rings is 1. The van der Waals surface area contributed by atoms with Crippen LogP contribution in [0.2, 0.25) is 0 Å². The fourth-order valence-corrected chi connectivity index (χ4v) is 3.05. The average Bonchev–Trinajstić information content (AvgIpc) is 3.17. The molecule has 122 valence electrons. The van der Waals surface area contributed by atoms with Crippen LogP contribution in [0.15, 0.2) is 36.4 Å². The highest BCUT2D eigenvalue weighted by Crippen LogP contribution is 2.42. The molecule has 0 fully saturated rings. The summed E-state index contributed by atoms with van der Waals surface area (Å²) < 4.78 is 16.1. The lowest BCUT2D eigenvalue weighted by atomic mass is 9.99. The number of aryl methyl sites for hydroxylation is 1. The summed E-state index contributed by atoms with van der Waals surface area (Å²) in [6.45, 7) is 4.34. The maximum Gasteiger partial charge on any atom is 0.338 e. The van der Waals surface area contributed by atoms with Crippen molar-refractivity contribution in [2.75, 3.05) is 13.4 Å². The third-order valence-corrected chi connectivity index (χ3v) is 4.11. The number of ether oxygens (including phenoxy) is 3. The van der Waals surface area contributed by atoms with Gasteiger partial charge in [0.25, 0.3) is 0 Å².